The fourth-order valence-electron chi connectivity index (χ4n) is 4.42. The van der Waals surface area contributed by atoms with Gasteiger partial charge in [-0.15, -0.1) is 0 Å². The molecule has 0 spiro atoms. The Balaban J connectivity index is 1.88. The third kappa shape index (κ3) is 6.28. The standard InChI is InChI=1S/C27H35NO5/c1-3-5-7-11-16-21-25(33-26(21)29)23(17-6-4-2)28(27(30)31)22-18-12-13-19-24(22)32-20-14-9-8-10-15-20/h8-10,12-15,18-19,21,23,25H,3-7,11,16-17H2,1-2H3,(H,30,31). The van der Waals surface area contributed by atoms with Crippen LogP contribution in [-0.2, 0) is 9.53 Å². The Morgan fingerprint density at radius 1 is 1.00 bits per heavy atom. The Kier molecular flexibility index (Phi) is 9.16. The maximum atomic E-state index is 12.6. The van der Waals surface area contributed by atoms with Crippen LogP contribution in [0.5, 0.6) is 11.5 Å². The predicted octanol–water partition coefficient (Wildman–Crippen LogP) is 7.03. The van der Waals surface area contributed by atoms with Crippen molar-refractivity contribution in [2.24, 2.45) is 5.92 Å². The number of nitrogens with zero attached hydrogens (tertiary/aromatic N) is 1. The molecule has 3 unspecified atom stereocenters. The molecule has 1 heterocycles. The fraction of sp³-hybridized carbons (Fsp3) is 0.481. The number of para-hydroxylation sites is 3. The molecule has 0 aliphatic carbocycles. The highest BCUT2D eigenvalue weighted by Gasteiger charge is 2.49. The van der Waals surface area contributed by atoms with Crippen LogP contribution in [0.3, 0.4) is 0 Å². The van der Waals surface area contributed by atoms with Gasteiger partial charge in [-0.3, -0.25) is 9.69 Å². The van der Waals surface area contributed by atoms with E-state index in [1.165, 1.54) is 4.90 Å². The van der Waals surface area contributed by atoms with E-state index in [1.807, 2.05) is 36.4 Å². The molecule has 0 radical (unpaired) electrons. The lowest BCUT2D eigenvalue weighted by Gasteiger charge is -2.44. The summed E-state index contributed by atoms with van der Waals surface area (Å²) in [6.45, 7) is 4.23. The van der Waals surface area contributed by atoms with Crippen LogP contribution in [0.2, 0.25) is 0 Å². The first-order chi connectivity index (χ1) is 16.1. The average molecular weight is 454 g/mol. The molecule has 6 nitrogen and oxygen atoms in total. The first kappa shape index (κ1) is 24.6. The number of rotatable bonds is 13. The first-order valence-corrected chi connectivity index (χ1v) is 12.1. The third-order valence-corrected chi connectivity index (χ3v) is 6.19. The highest BCUT2D eigenvalue weighted by atomic mass is 16.6. The molecule has 6 heteroatoms. The number of carbonyl (C=O) groups excluding carboxylic acids is 1. The van der Waals surface area contributed by atoms with Crippen LogP contribution in [0.25, 0.3) is 0 Å². The Morgan fingerprint density at radius 2 is 1.70 bits per heavy atom. The van der Waals surface area contributed by atoms with Gasteiger partial charge in [-0.05, 0) is 37.1 Å². The number of amides is 1. The smallest absolute Gasteiger partial charge is 0.412 e. The SMILES string of the molecule is CCCCCCC1C(=O)OC1C(CCCC)N(C(=O)O)c1ccccc1Oc1ccccc1. The van der Waals surface area contributed by atoms with Crippen LogP contribution in [-0.4, -0.2) is 29.3 Å². The predicted molar refractivity (Wildman–Crippen MR) is 129 cm³/mol. The number of hydrogen-bond donors (Lipinski definition) is 1. The summed E-state index contributed by atoms with van der Waals surface area (Å²) in [7, 11) is 0. The largest absolute Gasteiger partial charge is 0.465 e. The van der Waals surface area contributed by atoms with Crippen molar-refractivity contribution >= 4 is 17.7 Å². The molecule has 1 fully saturated rings. The van der Waals surface area contributed by atoms with Gasteiger partial charge in [0.25, 0.3) is 0 Å². The molecule has 1 N–H and O–H groups in total. The van der Waals surface area contributed by atoms with Gasteiger partial charge in [0.15, 0.2) is 5.75 Å². The number of hydrogen-bond acceptors (Lipinski definition) is 4. The fourth-order valence-corrected chi connectivity index (χ4v) is 4.42. The molecule has 33 heavy (non-hydrogen) atoms. The lowest BCUT2D eigenvalue weighted by Crippen LogP contribution is -2.59. The van der Waals surface area contributed by atoms with Crippen molar-refractivity contribution in [1.82, 2.24) is 0 Å². The Bertz CT molecular complexity index is 900. The Labute approximate surface area is 196 Å². The van der Waals surface area contributed by atoms with Crippen LogP contribution in [0, 0.1) is 5.92 Å². The molecule has 1 amide bonds. The monoisotopic (exact) mass is 453 g/mol. The molecule has 0 aromatic heterocycles. The summed E-state index contributed by atoms with van der Waals surface area (Å²) >= 11 is 0. The number of anilines is 1. The lowest BCUT2D eigenvalue weighted by atomic mass is 9.83. The van der Waals surface area contributed by atoms with Gasteiger partial charge in [-0.1, -0.05) is 82.7 Å². The Morgan fingerprint density at radius 3 is 2.36 bits per heavy atom. The molecule has 1 aliphatic rings. The normalized spacial score (nSPS) is 18.2. The van der Waals surface area contributed by atoms with E-state index in [1.54, 1.807) is 18.2 Å². The minimum absolute atomic E-state index is 0.211. The van der Waals surface area contributed by atoms with Gasteiger partial charge >= 0.3 is 12.1 Å². The van der Waals surface area contributed by atoms with Gasteiger partial charge in [0.1, 0.15) is 11.9 Å². The molecule has 178 valence electrons. The van der Waals surface area contributed by atoms with Crippen molar-refractivity contribution in [3.8, 4) is 11.5 Å². The molecule has 0 saturated carbocycles. The zero-order valence-electron chi connectivity index (χ0n) is 19.6. The second kappa shape index (κ2) is 12.3. The molecule has 2 aromatic carbocycles. The van der Waals surface area contributed by atoms with Crippen molar-refractivity contribution < 1.29 is 24.2 Å². The van der Waals surface area contributed by atoms with Crippen LogP contribution in [0.4, 0.5) is 10.5 Å². The maximum absolute atomic E-state index is 12.6. The van der Waals surface area contributed by atoms with E-state index in [0.29, 0.717) is 23.6 Å². The minimum atomic E-state index is -1.08. The number of unbranched alkanes of at least 4 members (excludes halogenated alkanes) is 4. The molecule has 0 bridgehead atoms. The quantitative estimate of drug-likeness (QED) is 0.260. The number of esters is 1. The topological polar surface area (TPSA) is 76.1 Å². The van der Waals surface area contributed by atoms with E-state index in [2.05, 4.69) is 13.8 Å². The number of ether oxygens (including phenoxy) is 2. The third-order valence-electron chi connectivity index (χ3n) is 6.19. The second-order valence-electron chi connectivity index (χ2n) is 8.60. The zero-order chi connectivity index (χ0) is 23.6. The summed E-state index contributed by atoms with van der Waals surface area (Å²) in [5, 5.41) is 10.3. The van der Waals surface area contributed by atoms with Gasteiger partial charge in [-0.25, -0.2) is 4.79 Å². The second-order valence-corrected chi connectivity index (χ2v) is 8.60. The summed E-state index contributed by atoms with van der Waals surface area (Å²) in [5.74, 6) is 0.618. The summed E-state index contributed by atoms with van der Waals surface area (Å²) < 4.78 is 11.6. The molecular formula is C27H35NO5. The molecule has 3 atom stereocenters. The van der Waals surface area contributed by atoms with Crippen molar-refractivity contribution in [3.63, 3.8) is 0 Å². The molecule has 1 aliphatic heterocycles. The van der Waals surface area contributed by atoms with Crippen molar-refractivity contribution in [3.05, 3.63) is 54.6 Å². The zero-order valence-corrected chi connectivity index (χ0v) is 19.6. The number of cyclic esters (lactones) is 1. The number of carbonyl (C=O) groups is 2. The lowest BCUT2D eigenvalue weighted by molar-refractivity contribution is -0.188. The van der Waals surface area contributed by atoms with E-state index in [0.717, 1.165) is 44.9 Å². The van der Waals surface area contributed by atoms with E-state index >= 15 is 0 Å². The first-order valence-electron chi connectivity index (χ1n) is 12.1. The van der Waals surface area contributed by atoms with E-state index in [9.17, 15) is 14.7 Å². The molecular weight excluding hydrogens is 418 g/mol. The van der Waals surface area contributed by atoms with Gasteiger partial charge in [0.2, 0.25) is 0 Å². The van der Waals surface area contributed by atoms with Crippen LogP contribution < -0.4 is 9.64 Å². The van der Waals surface area contributed by atoms with Crippen LogP contribution in [0.1, 0.15) is 65.2 Å². The average Bonchev–Trinajstić information content (AvgIpc) is 2.81. The maximum Gasteiger partial charge on any atom is 0.412 e. The highest BCUT2D eigenvalue weighted by molar-refractivity contribution is 5.90. The van der Waals surface area contributed by atoms with Crippen molar-refractivity contribution in [2.75, 3.05) is 4.90 Å². The molecule has 1 saturated heterocycles. The van der Waals surface area contributed by atoms with Gasteiger partial charge < -0.3 is 14.6 Å². The van der Waals surface area contributed by atoms with Gasteiger partial charge in [0, 0.05) is 0 Å². The minimum Gasteiger partial charge on any atom is -0.465 e. The van der Waals surface area contributed by atoms with Gasteiger partial charge in [0.05, 0.1) is 17.6 Å². The Hall–Kier alpha value is -3.02. The highest BCUT2D eigenvalue weighted by Crippen LogP contribution is 2.39. The van der Waals surface area contributed by atoms with E-state index < -0.39 is 18.2 Å². The summed E-state index contributed by atoms with van der Waals surface area (Å²) in [6.07, 6.45) is 5.89. The van der Waals surface area contributed by atoms with Crippen molar-refractivity contribution in [1.29, 1.82) is 0 Å². The number of benzene rings is 2. The number of carboxylic acid groups (broad SMARTS) is 1. The van der Waals surface area contributed by atoms with Crippen LogP contribution in [0.15, 0.2) is 54.6 Å². The van der Waals surface area contributed by atoms with Crippen molar-refractivity contribution in [2.45, 2.75) is 77.4 Å². The summed E-state index contributed by atoms with van der Waals surface area (Å²) in [5.41, 5.74) is 0.461. The summed E-state index contributed by atoms with van der Waals surface area (Å²) in [4.78, 5) is 26.2. The molecule has 3 rings (SSSR count). The summed E-state index contributed by atoms with van der Waals surface area (Å²) in [6, 6.07) is 16.0. The van der Waals surface area contributed by atoms with Crippen LogP contribution >= 0.6 is 0 Å². The van der Waals surface area contributed by atoms with Gasteiger partial charge in [-0.2, -0.15) is 0 Å². The van der Waals surface area contributed by atoms with E-state index in [4.69, 9.17) is 9.47 Å². The van der Waals surface area contributed by atoms with E-state index in [-0.39, 0.29) is 11.9 Å². The molecule has 2 aromatic rings.